The van der Waals surface area contributed by atoms with Crippen molar-refractivity contribution >= 4 is 5.69 Å². The number of benzene rings is 1. The normalized spacial score (nSPS) is 11.9. The fourth-order valence-electron chi connectivity index (χ4n) is 1.42. The zero-order valence-corrected chi connectivity index (χ0v) is 10.1. The molecule has 1 aromatic carbocycles. The Balaban J connectivity index is 2.21. The Bertz CT molecular complexity index is 365. The van der Waals surface area contributed by atoms with Gasteiger partial charge in [0, 0.05) is 25.3 Å². The second kappa shape index (κ2) is 6.58. The van der Waals surface area contributed by atoms with Crippen molar-refractivity contribution < 1.29 is 17.6 Å². The van der Waals surface area contributed by atoms with E-state index in [2.05, 4.69) is 5.32 Å². The summed E-state index contributed by atoms with van der Waals surface area (Å²) < 4.78 is 48.7. The molecule has 0 saturated carbocycles. The summed E-state index contributed by atoms with van der Waals surface area (Å²) >= 11 is 0. The van der Waals surface area contributed by atoms with Gasteiger partial charge < -0.3 is 10.2 Å². The molecule has 0 aliphatic carbocycles. The molecule has 0 fully saturated rings. The first-order chi connectivity index (χ1) is 8.37. The van der Waals surface area contributed by atoms with Crippen LogP contribution in [0.3, 0.4) is 0 Å². The van der Waals surface area contributed by atoms with Crippen molar-refractivity contribution in [3.05, 3.63) is 30.1 Å². The van der Waals surface area contributed by atoms with E-state index in [0.717, 1.165) is 0 Å². The zero-order chi connectivity index (χ0) is 13.6. The average molecular weight is 264 g/mol. The van der Waals surface area contributed by atoms with Gasteiger partial charge in [0.1, 0.15) is 5.82 Å². The van der Waals surface area contributed by atoms with Gasteiger partial charge in [0.05, 0.1) is 6.42 Å². The molecule has 0 atom stereocenters. The highest BCUT2D eigenvalue weighted by Crippen LogP contribution is 2.19. The maximum absolute atomic E-state index is 12.8. The molecule has 18 heavy (non-hydrogen) atoms. The third-order valence-electron chi connectivity index (χ3n) is 2.42. The van der Waals surface area contributed by atoms with Gasteiger partial charge in [0.25, 0.3) is 0 Å². The predicted octanol–water partition coefficient (Wildman–Crippen LogP) is 3.12. The smallest absolute Gasteiger partial charge is 0.384 e. The highest BCUT2D eigenvalue weighted by Gasteiger charge is 2.26. The van der Waals surface area contributed by atoms with Crippen LogP contribution in [-0.2, 0) is 0 Å². The number of likely N-dealkylation sites (N-methyl/N-ethyl adjacent to an activating group) is 1. The molecule has 1 N–H and O–H groups in total. The van der Waals surface area contributed by atoms with Gasteiger partial charge in [0.2, 0.25) is 0 Å². The van der Waals surface area contributed by atoms with Crippen molar-refractivity contribution in [1.29, 1.82) is 0 Å². The van der Waals surface area contributed by atoms with Gasteiger partial charge in [0.15, 0.2) is 0 Å². The van der Waals surface area contributed by atoms with E-state index in [1.807, 2.05) is 0 Å². The van der Waals surface area contributed by atoms with E-state index in [-0.39, 0.29) is 12.4 Å². The van der Waals surface area contributed by atoms with Gasteiger partial charge in [-0.25, -0.2) is 4.39 Å². The van der Waals surface area contributed by atoms with Crippen LogP contribution >= 0.6 is 0 Å². The first-order valence-corrected chi connectivity index (χ1v) is 5.61. The molecule has 6 heteroatoms. The third kappa shape index (κ3) is 6.44. The molecule has 0 amide bonds. The number of anilines is 1. The standard InChI is InChI=1S/C12H16F4N2/c1-18(7-5-12(14,15)16)8-6-17-11-4-2-3-10(13)9-11/h2-4,9,17H,5-8H2,1H3. The Morgan fingerprint density at radius 3 is 2.56 bits per heavy atom. The monoisotopic (exact) mass is 264 g/mol. The highest BCUT2D eigenvalue weighted by molar-refractivity contribution is 5.42. The van der Waals surface area contributed by atoms with Crippen LogP contribution in [0.2, 0.25) is 0 Å². The van der Waals surface area contributed by atoms with Crippen LogP contribution in [0.1, 0.15) is 6.42 Å². The van der Waals surface area contributed by atoms with Crippen molar-refractivity contribution in [3.8, 4) is 0 Å². The minimum Gasteiger partial charge on any atom is -0.384 e. The largest absolute Gasteiger partial charge is 0.390 e. The molecule has 2 nitrogen and oxygen atoms in total. The second-order valence-electron chi connectivity index (χ2n) is 4.11. The lowest BCUT2D eigenvalue weighted by molar-refractivity contribution is -0.137. The number of hydrogen-bond acceptors (Lipinski definition) is 2. The lowest BCUT2D eigenvalue weighted by atomic mass is 10.3. The Hall–Kier alpha value is -1.30. The Morgan fingerprint density at radius 2 is 1.94 bits per heavy atom. The van der Waals surface area contributed by atoms with E-state index < -0.39 is 12.6 Å². The molecule has 0 radical (unpaired) electrons. The second-order valence-corrected chi connectivity index (χ2v) is 4.11. The van der Waals surface area contributed by atoms with Gasteiger partial charge in [-0.05, 0) is 25.2 Å². The summed E-state index contributed by atoms with van der Waals surface area (Å²) in [6.45, 7) is 0.902. The van der Waals surface area contributed by atoms with Crippen LogP contribution < -0.4 is 5.32 Å². The molecule has 0 heterocycles. The third-order valence-corrected chi connectivity index (χ3v) is 2.42. The number of halogens is 4. The van der Waals surface area contributed by atoms with Crippen molar-refractivity contribution in [2.24, 2.45) is 0 Å². The number of nitrogens with one attached hydrogen (secondary N) is 1. The predicted molar refractivity (Wildman–Crippen MR) is 63.1 cm³/mol. The summed E-state index contributed by atoms with van der Waals surface area (Å²) in [4.78, 5) is 1.58. The van der Waals surface area contributed by atoms with E-state index in [4.69, 9.17) is 0 Å². The van der Waals surface area contributed by atoms with Crippen LogP contribution in [0.15, 0.2) is 24.3 Å². The summed E-state index contributed by atoms with van der Waals surface area (Å²) in [5.41, 5.74) is 0.624. The molecular weight excluding hydrogens is 248 g/mol. The first-order valence-electron chi connectivity index (χ1n) is 5.61. The van der Waals surface area contributed by atoms with E-state index in [9.17, 15) is 17.6 Å². The van der Waals surface area contributed by atoms with E-state index in [1.54, 1.807) is 24.1 Å². The quantitative estimate of drug-likeness (QED) is 0.794. The highest BCUT2D eigenvalue weighted by atomic mass is 19.4. The fraction of sp³-hybridized carbons (Fsp3) is 0.500. The minimum atomic E-state index is -4.12. The van der Waals surface area contributed by atoms with Gasteiger partial charge in [-0.3, -0.25) is 0 Å². The summed E-state index contributed by atoms with van der Waals surface area (Å²) in [5, 5.41) is 2.95. The molecule has 0 saturated heterocycles. The van der Waals surface area contributed by atoms with Crippen LogP contribution in [0.25, 0.3) is 0 Å². The molecule has 0 bridgehead atoms. The number of rotatable bonds is 6. The molecule has 0 aliphatic heterocycles. The van der Waals surface area contributed by atoms with Crippen molar-refractivity contribution in [1.82, 2.24) is 4.90 Å². The van der Waals surface area contributed by atoms with E-state index >= 15 is 0 Å². The summed E-state index contributed by atoms with van der Waals surface area (Å²) in [6, 6.07) is 5.96. The van der Waals surface area contributed by atoms with Gasteiger partial charge in [-0.2, -0.15) is 13.2 Å². The first kappa shape index (κ1) is 14.8. The Kier molecular flexibility index (Phi) is 5.40. The van der Waals surface area contributed by atoms with Gasteiger partial charge in [-0.15, -0.1) is 0 Å². The maximum atomic E-state index is 12.8. The summed E-state index contributed by atoms with van der Waals surface area (Å²) in [5.74, 6) is -0.342. The Labute approximate surface area is 104 Å². The summed E-state index contributed by atoms with van der Waals surface area (Å²) in [6.07, 6.45) is -4.94. The summed E-state index contributed by atoms with van der Waals surface area (Å²) in [7, 11) is 1.62. The van der Waals surface area contributed by atoms with Gasteiger partial charge >= 0.3 is 6.18 Å². The topological polar surface area (TPSA) is 15.3 Å². The molecule has 0 aromatic heterocycles. The SMILES string of the molecule is CN(CCNc1cccc(F)c1)CCC(F)(F)F. The molecule has 1 rings (SSSR count). The molecule has 0 aliphatic rings. The number of hydrogen-bond donors (Lipinski definition) is 1. The molecule has 1 aromatic rings. The zero-order valence-electron chi connectivity index (χ0n) is 10.1. The number of alkyl halides is 3. The molecule has 102 valence electrons. The maximum Gasteiger partial charge on any atom is 0.390 e. The van der Waals surface area contributed by atoms with Crippen LogP contribution in [0.4, 0.5) is 23.2 Å². The van der Waals surface area contributed by atoms with Crippen molar-refractivity contribution in [3.63, 3.8) is 0 Å². The molecular formula is C12H16F4N2. The van der Waals surface area contributed by atoms with Crippen molar-refractivity contribution in [2.45, 2.75) is 12.6 Å². The van der Waals surface area contributed by atoms with Gasteiger partial charge in [-0.1, -0.05) is 6.07 Å². The van der Waals surface area contributed by atoms with E-state index in [1.165, 1.54) is 12.1 Å². The van der Waals surface area contributed by atoms with Crippen LogP contribution in [0.5, 0.6) is 0 Å². The van der Waals surface area contributed by atoms with Crippen LogP contribution in [-0.4, -0.2) is 37.8 Å². The number of nitrogens with zero attached hydrogens (tertiary/aromatic N) is 1. The molecule has 0 spiro atoms. The fourth-order valence-corrected chi connectivity index (χ4v) is 1.42. The van der Waals surface area contributed by atoms with E-state index in [0.29, 0.717) is 18.8 Å². The lowest BCUT2D eigenvalue weighted by Gasteiger charge is -2.18. The minimum absolute atomic E-state index is 0.0334. The average Bonchev–Trinajstić information content (AvgIpc) is 2.25. The van der Waals surface area contributed by atoms with Crippen molar-refractivity contribution in [2.75, 3.05) is 32.0 Å². The van der Waals surface area contributed by atoms with Crippen LogP contribution in [0, 0.1) is 5.82 Å². The Morgan fingerprint density at radius 1 is 1.22 bits per heavy atom. The lowest BCUT2D eigenvalue weighted by Crippen LogP contribution is -2.29. The molecule has 0 unspecified atom stereocenters.